The molecule has 0 atom stereocenters. The van der Waals surface area contributed by atoms with Crippen molar-refractivity contribution in [1.82, 2.24) is 15.1 Å². The lowest BCUT2D eigenvalue weighted by atomic mass is 10.0. The van der Waals surface area contributed by atoms with Gasteiger partial charge in [-0.25, -0.2) is 0 Å². The first kappa shape index (κ1) is 14.3. The monoisotopic (exact) mass is 298 g/mol. The molecule has 2 amide bonds. The van der Waals surface area contributed by atoms with Crippen LogP contribution in [0.2, 0.25) is 0 Å². The number of aromatic amines is 1. The predicted octanol–water partition coefficient (Wildman–Crippen LogP) is 2.29. The Morgan fingerprint density at radius 1 is 1.32 bits per heavy atom. The highest BCUT2D eigenvalue weighted by Crippen LogP contribution is 2.34. The van der Waals surface area contributed by atoms with Crippen LogP contribution >= 0.6 is 0 Å². The van der Waals surface area contributed by atoms with Crippen molar-refractivity contribution in [2.45, 2.75) is 33.4 Å². The zero-order chi connectivity index (χ0) is 15.7. The highest BCUT2D eigenvalue weighted by molar-refractivity contribution is 5.95. The third-order valence-electron chi connectivity index (χ3n) is 3.88. The van der Waals surface area contributed by atoms with Crippen LogP contribution in [-0.2, 0) is 22.7 Å². The molecular formula is C16H18N4O2. The summed E-state index contributed by atoms with van der Waals surface area (Å²) in [5, 5.41) is 10.3. The summed E-state index contributed by atoms with van der Waals surface area (Å²) in [7, 11) is 0. The number of H-pyrrole nitrogens is 1. The Kier molecular flexibility index (Phi) is 3.66. The van der Waals surface area contributed by atoms with Crippen LogP contribution in [0.1, 0.15) is 31.5 Å². The number of rotatable bonds is 3. The summed E-state index contributed by atoms with van der Waals surface area (Å²) in [6, 6.07) is 7.61. The molecule has 2 N–H and O–H groups in total. The Balaban J connectivity index is 1.97. The molecule has 6 nitrogen and oxygen atoms in total. The molecule has 1 aromatic carbocycles. The van der Waals surface area contributed by atoms with Gasteiger partial charge in [0, 0.05) is 24.5 Å². The van der Waals surface area contributed by atoms with Gasteiger partial charge in [0.25, 0.3) is 0 Å². The quantitative estimate of drug-likeness (QED) is 0.912. The van der Waals surface area contributed by atoms with Crippen molar-refractivity contribution < 1.29 is 9.59 Å². The van der Waals surface area contributed by atoms with Crippen LogP contribution in [-0.4, -0.2) is 26.9 Å². The summed E-state index contributed by atoms with van der Waals surface area (Å²) < 4.78 is 0. The minimum absolute atomic E-state index is 0.0334. The second kappa shape index (κ2) is 5.63. The smallest absolute Gasteiger partial charge is 0.224 e. The third kappa shape index (κ3) is 2.47. The minimum atomic E-state index is -0.0334. The molecule has 2 aromatic rings. The van der Waals surface area contributed by atoms with Crippen molar-refractivity contribution in [3.63, 3.8) is 0 Å². The zero-order valence-corrected chi connectivity index (χ0v) is 12.6. The fourth-order valence-corrected chi connectivity index (χ4v) is 2.63. The van der Waals surface area contributed by atoms with Gasteiger partial charge < -0.3 is 10.2 Å². The lowest BCUT2D eigenvalue weighted by Gasteiger charge is -2.13. The van der Waals surface area contributed by atoms with E-state index in [0.717, 1.165) is 28.2 Å². The maximum Gasteiger partial charge on any atom is 0.224 e. The van der Waals surface area contributed by atoms with Gasteiger partial charge in [0.2, 0.25) is 11.8 Å². The van der Waals surface area contributed by atoms with E-state index in [0.29, 0.717) is 19.5 Å². The number of hydrogen-bond donors (Lipinski definition) is 2. The molecule has 0 fully saturated rings. The number of aromatic nitrogens is 2. The molecule has 3 rings (SSSR count). The normalized spacial score (nSPS) is 13.1. The van der Waals surface area contributed by atoms with E-state index >= 15 is 0 Å². The number of nitrogens with zero attached hydrogens (tertiary/aromatic N) is 2. The SMILES string of the molecule is CCC(=O)Nc1ccccc1-c1[nH]nc2c1CN(C(C)=O)C2. The molecule has 0 saturated carbocycles. The van der Waals surface area contributed by atoms with Crippen LogP contribution in [0.3, 0.4) is 0 Å². The molecular weight excluding hydrogens is 280 g/mol. The van der Waals surface area contributed by atoms with Crippen molar-refractivity contribution in [3.05, 3.63) is 35.5 Å². The van der Waals surface area contributed by atoms with Crippen LogP contribution in [0.4, 0.5) is 5.69 Å². The molecule has 0 unspecified atom stereocenters. The number of carbonyl (C=O) groups is 2. The molecule has 0 spiro atoms. The van der Waals surface area contributed by atoms with Crippen LogP contribution in [0.25, 0.3) is 11.3 Å². The molecule has 1 aliphatic heterocycles. The van der Waals surface area contributed by atoms with Gasteiger partial charge in [-0.05, 0) is 6.07 Å². The Morgan fingerprint density at radius 2 is 2.09 bits per heavy atom. The largest absolute Gasteiger partial charge is 0.332 e. The van der Waals surface area contributed by atoms with Crippen molar-refractivity contribution in [2.24, 2.45) is 0 Å². The van der Waals surface area contributed by atoms with Gasteiger partial charge in [-0.3, -0.25) is 14.7 Å². The molecule has 0 saturated heterocycles. The lowest BCUT2D eigenvalue weighted by molar-refractivity contribution is -0.129. The van der Waals surface area contributed by atoms with Crippen molar-refractivity contribution >= 4 is 17.5 Å². The zero-order valence-electron chi connectivity index (χ0n) is 12.6. The number of hydrogen-bond acceptors (Lipinski definition) is 3. The Bertz CT molecular complexity index is 735. The van der Waals surface area contributed by atoms with Crippen molar-refractivity contribution in [1.29, 1.82) is 0 Å². The average Bonchev–Trinajstić information content (AvgIpc) is 3.08. The minimum Gasteiger partial charge on any atom is -0.332 e. The number of benzene rings is 1. The Morgan fingerprint density at radius 3 is 2.82 bits per heavy atom. The first-order valence-corrected chi connectivity index (χ1v) is 7.31. The lowest BCUT2D eigenvalue weighted by Crippen LogP contribution is -2.22. The first-order valence-electron chi connectivity index (χ1n) is 7.31. The molecule has 114 valence electrons. The van der Waals surface area contributed by atoms with E-state index in [-0.39, 0.29) is 11.8 Å². The average molecular weight is 298 g/mol. The summed E-state index contributed by atoms with van der Waals surface area (Å²) in [5.41, 5.74) is 4.42. The Hall–Kier alpha value is -2.63. The number of fused-ring (bicyclic) bond motifs is 1. The van der Waals surface area contributed by atoms with Gasteiger partial charge in [-0.1, -0.05) is 25.1 Å². The second-order valence-electron chi connectivity index (χ2n) is 5.35. The standard InChI is InChI=1S/C16H18N4O2/c1-3-15(22)17-13-7-5-4-6-11(13)16-12-8-20(10(2)21)9-14(12)18-19-16/h4-7H,3,8-9H2,1-2H3,(H,17,22)(H,18,19). The van der Waals surface area contributed by atoms with Crippen LogP contribution < -0.4 is 5.32 Å². The van der Waals surface area contributed by atoms with Gasteiger partial charge in [-0.2, -0.15) is 5.10 Å². The van der Waals surface area contributed by atoms with E-state index in [1.165, 1.54) is 0 Å². The van der Waals surface area contributed by atoms with Crippen molar-refractivity contribution in [3.8, 4) is 11.3 Å². The maximum absolute atomic E-state index is 11.7. The molecule has 1 aliphatic rings. The van der Waals surface area contributed by atoms with Crippen LogP contribution in [0, 0.1) is 0 Å². The molecule has 1 aromatic heterocycles. The number of anilines is 1. The van der Waals surface area contributed by atoms with E-state index in [2.05, 4.69) is 15.5 Å². The number of amides is 2. The Labute approximate surface area is 128 Å². The number of para-hydroxylation sites is 1. The van der Waals surface area contributed by atoms with Gasteiger partial charge in [0.15, 0.2) is 0 Å². The summed E-state index contributed by atoms with van der Waals surface area (Å²) in [6.07, 6.45) is 0.424. The molecule has 0 bridgehead atoms. The van der Waals surface area contributed by atoms with E-state index in [9.17, 15) is 9.59 Å². The highest BCUT2D eigenvalue weighted by atomic mass is 16.2. The van der Waals surface area contributed by atoms with Crippen molar-refractivity contribution in [2.75, 3.05) is 5.32 Å². The maximum atomic E-state index is 11.7. The summed E-state index contributed by atoms with van der Waals surface area (Å²) in [5.74, 6) is 0.00509. The third-order valence-corrected chi connectivity index (χ3v) is 3.88. The van der Waals surface area contributed by atoms with Gasteiger partial charge >= 0.3 is 0 Å². The van der Waals surface area contributed by atoms with E-state index in [1.807, 2.05) is 31.2 Å². The topological polar surface area (TPSA) is 78.1 Å². The van der Waals surface area contributed by atoms with Gasteiger partial charge in [0.1, 0.15) is 0 Å². The van der Waals surface area contributed by atoms with E-state index in [4.69, 9.17) is 0 Å². The molecule has 0 radical (unpaired) electrons. The van der Waals surface area contributed by atoms with Gasteiger partial charge in [-0.15, -0.1) is 0 Å². The molecule has 2 heterocycles. The number of carbonyl (C=O) groups excluding carboxylic acids is 2. The van der Waals surface area contributed by atoms with Crippen LogP contribution in [0.5, 0.6) is 0 Å². The molecule has 6 heteroatoms. The summed E-state index contributed by atoms with van der Waals surface area (Å²) >= 11 is 0. The van der Waals surface area contributed by atoms with Crippen LogP contribution in [0.15, 0.2) is 24.3 Å². The van der Waals surface area contributed by atoms with E-state index in [1.54, 1.807) is 11.8 Å². The highest BCUT2D eigenvalue weighted by Gasteiger charge is 2.27. The molecule has 22 heavy (non-hydrogen) atoms. The summed E-state index contributed by atoms with van der Waals surface area (Å²) in [6.45, 7) is 4.46. The second-order valence-corrected chi connectivity index (χ2v) is 5.35. The fraction of sp³-hybridized carbons (Fsp3) is 0.312. The predicted molar refractivity (Wildman–Crippen MR) is 82.9 cm³/mol. The number of nitrogens with one attached hydrogen (secondary N) is 2. The fourth-order valence-electron chi connectivity index (χ4n) is 2.63. The molecule has 0 aliphatic carbocycles. The first-order chi connectivity index (χ1) is 10.6. The van der Waals surface area contributed by atoms with Gasteiger partial charge in [0.05, 0.1) is 30.2 Å². The summed E-state index contributed by atoms with van der Waals surface area (Å²) in [4.78, 5) is 25.0. The van der Waals surface area contributed by atoms with E-state index < -0.39 is 0 Å².